The van der Waals surface area contributed by atoms with Crippen LogP contribution in [-0.2, 0) is 13.0 Å². The molecule has 0 radical (unpaired) electrons. The lowest BCUT2D eigenvalue weighted by Gasteiger charge is -2.09. The molecule has 0 saturated carbocycles. The third-order valence-electron chi connectivity index (χ3n) is 6.88. The minimum absolute atomic E-state index is 0.950. The van der Waals surface area contributed by atoms with Crippen molar-refractivity contribution in [3.63, 3.8) is 0 Å². The maximum atomic E-state index is 4.95. The van der Waals surface area contributed by atoms with Crippen LogP contribution in [0.4, 0.5) is 0 Å². The van der Waals surface area contributed by atoms with E-state index in [1.165, 1.54) is 119 Å². The summed E-state index contributed by atoms with van der Waals surface area (Å²) in [6.45, 7) is 3.39. The smallest absolute Gasteiger partial charge is 0.115 e. The lowest BCUT2D eigenvalue weighted by atomic mass is 10.0. The molecule has 182 valence electrons. The molecule has 3 heteroatoms. The molecule has 0 spiro atoms. The van der Waals surface area contributed by atoms with Crippen LogP contribution in [0.25, 0.3) is 11.0 Å². The molecule has 3 aromatic rings. The van der Waals surface area contributed by atoms with Crippen LogP contribution in [0.5, 0.6) is 0 Å². The molecule has 2 aromatic heterocycles. The Hall–Kier alpha value is -1.61. The van der Waals surface area contributed by atoms with Gasteiger partial charge in [-0.3, -0.25) is 0 Å². The molecule has 0 fully saturated rings. The molecule has 0 atom stereocenters. The molecule has 0 aliphatic carbocycles. The van der Waals surface area contributed by atoms with Gasteiger partial charge in [0.15, 0.2) is 0 Å². The van der Waals surface area contributed by atoms with Crippen molar-refractivity contribution in [1.82, 2.24) is 9.55 Å². The monoisotopic (exact) mass is 466 g/mol. The van der Waals surface area contributed by atoms with Crippen LogP contribution in [0, 0.1) is 0 Å². The molecule has 0 unspecified atom stereocenters. The van der Waals surface area contributed by atoms with Gasteiger partial charge >= 0.3 is 0 Å². The Morgan fingerprint density at radius 1 is 0.667 bits per heavy atom. The Bertz CT molecular complexity index is 865. The van der Waals surface area contributed by atoms with Crippen LogP contribution in [0.1, 0.15) is 120 Å². The van der Waals surface area contributed by atoms with Gasteiger partial charge in [0.2, 0.25) is 0 Å². The van der Waals surface area contributed by atoms with Crippen LogP contribution in [0.2, 0.25) is 0 Å². The van der Waals surface area contributed by atoms with Gasteiger partial charge < -0.3 is 4.57 Å². The maximum Gasteiger partial charge on any atom is 0.115 e. The Morgan fingerprint density at radius 3 is 1.82 bits per heavy atom. The molecular formula is C30H46N2S. The van der Waals surface area contributed by atoms with E-state index in [4.69, 9.17) is 4.98 Å². The molecule has 0 bridgehead atoms. The van der Waals surface area contributed by atoms with Gasteiger partial charge in [0.25, 0.3) is 0 Å². The average Bonchev–Trinajstić information content (AvgIpc) is 3.47. The highest BCUT2D eigenvalue weighted by atomic mass is 32.1. The van der Waals surface area contributed by atoms with Crippen LogP contribution in [-0.4, -0.2) is 9.55 Å². The van der Waals surface area contributed by atoms with E-state index >= 15 is 0 Å². The fraction of sp³-hybridized carbons (Fsp3) is 0.633. The lowest BCUT2D eigenvalue weighted by Crippen LogP contribution is -2.04. The van der Waals surface area contributed by atoms with Gasteiger partial charge in [0.1, 0.15) is 5.82 Å². The first-order chi connectivity index (χ1) is 16.4. The fourth-order valence-electron chi connectivity index (χ4n) is 4.90. The van der Waals surface area contributed by atoms with E-state index in [-0.39, 0.29) is 0 Å². The van der Waals surface area contributed by atoms with Crippen molar-refractivity contribution < 1.29 is 0 Å². The Morgan fingerprint density at radius 2 is 1.24 bits per heavy atom. The van der Waals surface area contributed by atoms with Gasteiger partial charge in [-0.2, -0.15) is 0 Å². The highest BCUT2D eigenvalue weighted by Gasteiger charge is 2.11. The first kappa shape index (κ1) is 26.0. The number of para-hydroxylation sites is 2. The van der Waals surface area contributed by atoms with Gasteiger partial charge in [-0.15, -0.1) is 11.3 Å². The SMILES string of the molecule is CCCCCCCCCCCCCCCCCCn1c(Cc2cccs2)nc2ccccc21. The zero-order chi connectivity index (χ0) is 23.0. The second-order valence-electron chi connectivity index (χ2n) is 9.73. The molecule has 0 N–H and O–H groups in total. The average molecular weight is 467 g/mol. The van der Waals surface area contributed by atoms with Crippen LogP contribution >= 0.6 is 11.3 Å². The molecule has 1 aromatic carbocycles. The summed E-state index contributed by atoms with van der Waals surface area (Å²) in [5.74, 6) is 1.22. The zero-order valence-electron chi connectivity index (χ0n) is 21.1. The number of thiophene rings is 1. The number of benzene rings is 1. The van der Waals surface area contributed by atoms with Crippen molar-refractivity contribution in [1.29, 1.82) is 0 Å². The van der Waals surface area contributed by atoms with Crippen LogP contribution < -0.4 is 0 Å². The molecule has 2 nitrogen and oxygen atoms in total. The summed E-state index contributed by atoms with van der Waals surface area (Å²) in [4.78, 5) is 6.35. The van der Waals surface area contributed by atoms with E-state index in [9.17, 15) is 0 Å². The van der Waals surface area contributed by atoms with Gasteiger partial charge in [0, 0.05) is 17.8 Å². The van der Waals surface area contributed by atoms with Crippen LogP contribution in [0.15, 0.2) is 41.8 Å². The maximum absolute atomic E-state index is 4.95. The normalized spacial score (nSPS) is 11.5. The standard InChI is InChI=1S/C30H46N2S/c1-2-3-4-5-6-7-8-9-10-11-12-13-14-15-16-19-24-32-29-23-18-17-22-28(29)31-30(32)26-27-21-20-25-33-27/h17-18,20-23,25H,2-16,19,24,26H2,1H3. The predicted octanol–water partition coefficient (Wildman–Crippen LogP) is 9.95. The topological polar surface area (TPSA) is 17.8 Å². The number of imidazole rings is 1. The molecule has 33 heavy (non-hydrogen) atoms. The van der Waals surface area contributed by atoms with Crippen molar-refractivity contribution in [2.45, 2.75) is 123 Å². The molecule has 0 aliphatic rings. The molecule has 2 heterocycles. The number of aryl methyl sites for hydroxylation is 1. The van der Waals surface area contributed by atoms with E-state index in [0.717, 1.165) is 18.5 Å². The minimum atomic E-state index is 0.950. The fourth-order valence-corrected chi connectivity index (χ4v) is 5.60. The quantitative estimate of drug-likeness (QED) is 0.161. The second-order valence-corrected chi connectivity index (χ2v) is 10.8. The van der Waals surface area contributed by atoms with Gasteiger partial charge in [-0.05, 0) is 30.0 Å². The highest BCUT2D eigenvalue weighted by molar-refractivity contribution is 7.09. The zero-order valence-corrected chi connectivity index (χ0v) is 21.9. The van der Waals surface area contributed by atoms with Crippen molar-refractivity contribution in [2.75, 3.05) is 0 Å². The third-order valence-corrected chi connectivity index (χ3v) is 7.76. The summed E-state index contributed by atoms with van der Waals surface area (Å²) in [5, 5.41) is 2.16. The number of aromatic nitrogens is 2. The summed E-state index contributed by atoms with van der Waals surface area (Å²) in [6, 6.07) is 13.0. The third kappa shape index (κ3) is 9.65. The van der Waals surface area contributed by atoms with Gasteiger partial charge in [-0.25, -0.2) is 4.98 Å². The lowest BCUT2D eigenvalue weighted by molar-refractivity contribution is 0.520. The number of hydrogen-bond donors (Lipinski definition) is 0. The van der Waals surface area contributed by atoms with Crippen molar-refractivity contribution in [2.24, 2.45) is 0 Å². The van der Waals surface area contributed by atoms with E-state index in [1.54, 1.807) is 0 Å². The van der Waals surface area contributed by atoms with Crippen molar-refractivity contribution in [3.8, 4) is 0 Å². The predicted molar refractivity (Wildman–Crippen MR) is 146 cm³/mol. The molecule has 0 saturated heterocycles. The molecule has 0 aliphatic heterocycles. The Labute approximate surface area is 206 Å². The molecule has 3 rings (SSSR count). The molecular weight excluding hydrogens is 420 g/mol. The Balaban J connectivity index is 1.23. The van der Waals surface area contributed by atoms with E-state index in [0.29, 0.717) is 0 Å². The van der Waals surface area contributed by atoms with Gasteiger partial charge in [-0.1, -0.05) is 121 Å². The van der Waals surface area contributed by atoms with Crippen LogP contribution in [0.3, 0.4) is 0 Å². The largest absolute Gasteiger partial charge is 0.328 e. The van der Waals surface area contributed by atoms with E-state index in [2.05, 4.69) is 53.3 Å². The minimum Gasteiger partial charge on any atom is -0.328 e. The summed E-state index contributed by atoms with van der Waals surface area (Å²) in [6.07, 6.45) is 23.6. The van der Waals surface area contributed by atoms with Crippen molar-refractivity contribution in [3.05, 3.63) is 52.5 Å². The summed E-state index contributed by atoms with van der Waals surface area (Å²) in [7, 11) is 0. The number of nitrogens with zero attached hydrogens (tertiary/aromatic N) is 2. The second kappa shape index (κ2) is 16.1. The molecule has 0 amide bonds. The number of hydrogen-bond acceptors (Lipinski definition) is 2. The Kier molecular flexibility index (Phi) is 12.7. The first-order valence-electron chi connectivity index (χ1n) is 13.8. The highest BCUT2D eigenvalue weighted by Crippen LogP contribution is 2.22. The van der Waals surface area contributed by atoms with Gasteiger partial charge in [0.05, 0.1) is 11.0 Å². The number of unbranched alkanes of at least 4 members (excludes halogenated alkanes) is 15. The van der Waals surface area contributed by atoms with E-state index < -0.39 is 0 Å². The summed E-state index contributed by atoms with van der Waals surface area (Å²) < 4.78 is 2.47. The first-order valence-corrected chi connectivity index (χ1v) is 14.7. The number of rotatable bonds is 19. The van der Waals surface area contributed by atoms with Crippen molar-refractivity contribution >= 4 is 22.4 Å². The summed E-state index contributed by atoms with van der Waals surface area (Å²) in [5.41, 5.74) is 2.44. The number of fused-ring (bicyclic) bond motifs is 1. The summed E-state index contributed by atoms with van der Waals surface area (Å²) >= 11 is 1.83. The van der Waals surface area contributed by atoms with E-state index in [1.807, 2.05) is 11.3 Å².